The van der Waals surface area contributed by atoms with Gasteiger partial charge in [0.2, 0.25) is 0 Å². The van der Waals surface area contributed by atoms with Crippen LogP contribution < -0.4 is 11.1 Å². The third-order valence-corrected chi connectivity index (χ3v) is 3.72. The van der Waals surface area contributed by atoms with Crippen molar-refractivity contribution in [3.63, 3.8) is 0 Å². The van der Waals surface area contributed by atoms with Crippen LogP contribution in [0.15, 0.2) is 18.2 Å². The molecule has 0 bridgehead atoms. The average molecular weight is 282 g/mol. The molecule has 19 heavy (non-hydrogen) atoms. The van der Waals surface area contributed by atoms with Crippen molar-refractivity contribution in [2.75, 3.05) is 5.73 Å². The molecule has 0 aliphatic carbocycles. The lowest BCUT2D eigenvalue weighted by atomic mass is 9.99. The van der Waals surface area contributed by atoms with E-state index in [1.807, 2.05) is 6.92 Å². The molecule has 2 rings (SSSR count). The number of anilines is 1. The number of nitrogens with one attached hydrogen (secondary N) is 1. The van der Waals surface area contributed by atoms with Gasteiger partial charge in [0, 0.05) is 10.7 Å². The van der Waals surface area contributed by atoms with Gasteiger partial charge in [-0.1, -0.05) is 24.6 Å². The van der Waals surface area contributed by atoms with Crippen molar-refractivity contribution in [3.05, 3.63) is 28.8 Å². The van der Waals surface area contributed by atoms with E-state index in [-0.39, 0.29) is 18.5 Å². The van der Waals surface area contributed by atoms with Crippen molar-refractivity contribution in [3.8, 4) is 0 Å². The van der Waals surface area contributed by atoms with Crippen LogP contribution in [0.25, 0.3) is 0 Å². The summed E-state index contributed by atoms with van der Waals surface area (Å²) >= 11 is 5.82. The Labute approximate surface area is 116 Å². The molecule has 0 spiro atoms. The molecule has 0 radical (unpaired) electrons. The van der Waals surface area contributed by atoms with Gasteiger partial charge in [0.1, 0.15) is 5.54 Å². The summed E-state index contributed by atoms with van der Waals surface area (Å²) in [5.74, 6) is -0.227. The van der Waals surface area contributed by atoms with Gasteiger partial charge in [0.25, 0.3) is 5.91 Å². The smallest absolute Gasteiger partial charge is 0.325 e. The number of halogens is 1. The van der Waals surface area contributed by atoms with Crippen molar-refractivity contribution in [2.45, 2.75) is 32.4 Å². The van der Waals surface area contributed by atoms with Gasteiger partial charge in [-0.2, -0.15) is 0 Å². The summed E-state index contributed by atoms with van der Waals surface area (Å²) in [4.78, 5) is 25.3. The predicted molar refractivity (Wildman–Crippen MR) is 73.6 cm³/mol. The number of benzene rings is 1. The van der Waals surface area contributed by atoms with Crippen molar-refractivity contribution in [2.24, 2.45) is 0 Å². The lowest BCUT2D eigenvalue weighted by Gasteiger charge is -2.19. The summed E-state index contributed by atoms with van der Waals surface area (Å²) in [5, 5.41) is 3.23. The molecule has 1 aromatic carbocycles. The largest absolute Gasteiger partial charge is 0.398 e. The first kappa shape index (κ1) is 13.7. The third-order valence-electron chi connectivity index (χ3n) is 3.49. The monoisotopic (exact) mass is 281 g/mol. The summed E-state index contributed by atoms with van der Waals surface area (Å²) < 4.78 is 0. The molecule has 1 aliphatic rings. The second-order valence-electron chi connectivity index (χ2n) is 4.85. The molecule has 0 aromatic heterocycles. The molecule has 3 N–H and O–H groups in total. The minimum atomic E-state index is -0.821. The van der Waals surface area contributed by atoms with Crippen molar-refractivity contribution in [1.29, 1.82) is 0 Å². The SMILES string of the molecule is CCC1(C)NC(=O)N(Cc2ccc(Cl)cc2N)C1=O. The van der Waals surface area contributed by atoms with Gasteiger partial charge in [0.05, 0.1) is 6.54 Å². The Morgan fingerprint density at radius 3 is 2.63 bits per heavy atom. The van der Waals surface area contributed by atoms with E-state index in [4.69, 9.17) is 17.3 Å². The molecule has 1 aromatic rings. The summed E-state index contributed by atoms with van der Waals surface area (Å²) in [6.07, 6.45) is 0.546. The van der Waals surface area contributed by atoms with Crippen molar-refractivity contribution in [1.82, 2.24) is 10.2 Å². The normalized spacial score (nSPS) is 22.8. The Morgan fingerprint density at radius 1 is 1.42 bits per heavy atom. The van der Waals surface area contributed by atoms with Gasteiger partial charge < -0.3 is 11.1 Å². The van der Waals surface area contributed by atoms with Crippen LogP contribution in [0.5, 0.6) is 0 Å². The lowest BCUT2D eigenvalue weighted by molar-refractivity contribution is -0.131. The topological polar surface area (TPSA) is 75.4 Å². The zero-order valence-electron chi connectivity index (χ0n) is 10.9. The molecular weight excluding hydrogens is 266 g/mol. The zero-order valence-corrected chi connectivity index (χ0v) is 11.6. The molecule has 5 nitrogen and oxygen atoms in total. The van der Waals surface area contributed by atoms with Crippen molar-refractivity contribution < 1.29 is 9.59 Å². The maximum absolute atomic E-state index is 12.2. The standard InChI is InChI=1S/C13H16ClN3O2/c1-3-13(2)11(18)17(12(19)16-13)7-8-4-5-9(14)6-10(8)15/h4-6H,3,7,15H2,1-2H3,(H,16,19). The molecular formula is C13H16ClN3O2. The summed E-state index contributed by atoms with van der Waals surface area (Å²) in [6, 6.07) is 4.63. The summed E-state index contributed by atoms with van der Waals surface area (Å²) in [5.41, 5.74) is 6.19. The first-order valence-corrected chi connectivity index (χ1v) is 6.43. The number of nitrogens with two attached hydrogens (primary N) is 1. The molecule has 1 unspecified atom stereocenters. The maximum atomic E-state index is 12.2. The molecule has 1 heterocycles. The van der Waals surface area contributed by atoms with E-state index < -0.39 is 5.54 Å². The Hall–Kier alpha value is -1.75. The molecule has 1 saturated heterocycles. The van der Waals surface area contributed by atoms with Crippen LogP contribution in [0.4, 0.5) is 10.5 Å². The number of amides is 3. The van der Waals surface area contributed by atoms with Crippen LogP contribution in [0, 0.1) is 0 Å². The Kier molecular flexibility index (Phi) is 3.41. The van der Waals surface area contributed by atoms with Crippen LogP contribution in [-0.2, 0) is 11.3 Å². The van der Waals surface area contributed by atoms with Gasteiger partial charge in [-0.25, -0.2) is 4.79 Å². The number of urea groups is 1. The van der Waals surface area contributed by atoms with E-state index in [1.54, 1.807) is 25.1 Å². The highest BCUT2D eigenvalue weighted by atomic mass is 35.5. The Balaban J connectivity index is 2.24. The third kappa shape index (κ3) is 2.38. The predicted octanol–water partition coefficient (Wildman–Crippen LogP) is 2.14. The first-order valence-electron chi connectivity index (χ1n) is 6.05. The van der Waals surface area contributed by atoms with Crippen molar-refractivity contribution >= 4 is 29.2 Å². The number of hydrogen-bond donors (Lipinski definition) is 2. The maximum Gasteiger partial charge on any atom is 0.325 e. The Morgan fingerprint density at radius 2 is 2.11 bits per heavy atom. The second-order valence-corrected chi connectivity index (χ2v) is 5.29. The number of carbonyl (C=O) groups excluding carboxylic acids is 2. The number of hydrogen-bond acceptors (Lipinski definition) is 3. The van der Waals surface area contributed by atoms with Gasteiger partial charge in [-0.05, 0) is 31.0 Å². The quantitative estimate of drug-likeness (QED) is 0.658. The molecule has 6 heteroatoms. The van der Waals surface area contributed by atoms with E-state index in [1.165, 1.54) is 4.90 Å². The van der Waals surface area contributed by atoms with Crippen LogP contribution >= 0.6 is 11.6 Å². The highest BCUT2D eigenvalue weighted by molar-refractivity contribution is 6.30. The van der Waals surface area contributed by atoms with E-state index in [2.05, 4.69) is 5.32 Å². The molecule has 102 valence electrons. The van der Waals surface area contributed by atoms with E-state index in [0.717, 1.165) is 0 Å². The van der Waals surface area contributed by atoms with E-state index in [9.17, 15) is 9.59 Å². The number of nitrogens with zero attached hydrogens (tertiary/aromatic N) is 1. The van der Waals surface area contributed by atoms with Crippen LogP contribution in [0.1, 0.15) is 25.8 Å². The second kappa shape index (κ2) is 4.74. The minimum absolute atomic E-state index is 0.156. The number of nitrogen functional groups attached to an aromatic ring is 1. The van der Waals surface area contributed by atoms with E-state index >= 15 is 0 Å². The highest BCUT2D eigenvalue weighted by Crippen LogP contribution is 2.25. The molecule has 1 atom stereocenters. The summed E-state index contributed by atoms with van der Waals surface area (Å²) in [7, 11) is 0. The lowest BCUT2D eigenvalue weighted by Crippen LogP contribution is -2.43. The van der Waals surface area contributed by atoms with Gasteiger partial charge in [-0.3, -0.25) is 9.69 Å². The van der Waals surface area contributed by atoms with E-state index in [0.29, 0.717) is 22.7 Å². The highest BCUT2D eigenvalue weighted by Gasteiger charge is 2.46. The molecule has 1 aliphatic heterocycles. The average Bonchev–Trinajstić information content (AvgIpc) is 2.56. The van der Waals surface area contributed by atoms with Crippen LogP contribution in [0.3, 0.4) is 0 Å². The fourth-order valence-electron chi connectivity index (χ4n) is 2.01. The van der Waals surface area contributed by atoms with Gasteiger partial charge in [0.15, 0.2) is 0 Å². The van der Waals surface area contributed by atoms with Gasteiger partial charge in [-0.15, -0.1) is 0 Å². The van der Waals surface area contributed by atoms with Gasteiger partial charge >= 0.3 is 6.03 Å². The molecule has 0 saturated carbocycles. The first-order chi connectivity index (χ1) is 8.87. The molecule has 3 amide bonds. The molecule has 1 fully saturated rings. The summed E-state index contributed by atoms with van der Waals surface area (Å²) in [6.45, 7) is 3.74. The zero-order chi connectivity index (χ0) is 14.2. The fourth-order valence-corrected chi connectivity index (χ4v) is 2.19. The number of rotatable bonds is 3. The van der Waals surface area contributed by atoms with Crippen LogP contribution in [0.2, 0.25) is 5.02 Å². The fraction of sp³-hybridized carbons (Fsp3) is 0.385. The number of imide groups is 1. The number of carbonyl (C=O) groups is 2. The minimum Gasteiger partial charge on any atom is -0.398 e. The van der Waals surface area contributed by atoms with Crippen LogP contribution in [-0.4, -0.2) is 22.4 Å². The Bertz CT molecular complexity index is 547.